The van der Waals surface area contributed by atoms with Crippen molar-refractivity contribution in [3.63, 3.8) is 0 Å². The van der Waals surface area contributed by atoms with E-state index in [2.05, 4.69) is 10.5 Å². The number of methoxy groups -OCH3 is 1. The molecule has 1 aromatic heterocycles. The van der Waals surface area contributed by atoms with Crippen molar-refractivity contribution in [2.45, 2.75) is 20.3 Å². The second-order valence-electron chi connectivity index (χ2n) is 5.95. The number of nitrogens with zero attached hydrogens (tertiary/aromatic N) is 1. The number of aromatic nitrogens is 1. The highest BCUT2D eigenvalue weighted by atomic mass is 35.5. The average Bonchev–Trinajstić information content (AvgIpc) is 2.96. The summed E-state index contributed by atoms with van der Waals surface area (Å²) in [6.45, 7) is 3.58. The highest BCUT2D eigenvalue weighted by Crippen LogP contribution is 2.33. The Morgan fingerprint density at radius 2 is 1.85 bits per heavy atom. The predicted molar refractivity (Wildman–Crippen MR) is 103 cm³/mol. The van der Waals surface area contributed by atoms with Gasteiger partial charge in [0.1, 0.15) is 17.3 Å². The normalized spacial score (nSPS) is 10.5. The van der Waals surface area contributed by atoms with Gasteiger partial charge in [-0.25, -0.2) is 0 Å². The summed E-state index contributed by atoms with van der Waals surface area (Å²) in [5.74, 6) is 2.23. The summed E-state index contributed by atoms with van der Waals surface area (Å²) in [6.07, 6.45) is 0.148. The lowest BCUT2D eigenvalue weighted by molar-refractivity contribution is -0.115. The van der Waals surface area contributed by atoms with Crippen LogP contribution < -0.4 is 14.8 Å². The zero-order chi connectivity index (χ0) is 19.4. The van der Waals surface area contributed by atoms with Crippen LogP contribution in [0.5, 0.6) is 17.2 Å². The van der Waals surface area contributed by atoms with Gasteiger partial charge in [0.25, 0.3) is 0 Å². The quantitative estimate of drug-likeness (QED) is 0.650. The predicted octanol–water partition coefficient (Wildman–Crippen LogP) is 4.93. The van der Waals surface area contributed by atoms with Crippen molar-refractivity contribution < 1.29 is 18.8 Å². The third-order valence-electron chi connectivity index (χ3n) is 4.02. The van der Waals surface area contributed by atoms with E-state index in [-0.39, 0.29) is 12.3 Å². The van der Waals surface area contributed by atoms with E-state index in [0.29, 0.717) is 33.7 Å². The number of rotatable bonds is 6. The van der Waals surface area contributed by atoms with Crippen molar-refractivity contribution >= 4 is 23.2 Å². The molecule has 0 unspecified atom stereocenters. The Labute approximate surface area is 162 Å². The Bertz CT molecular complexity index is 932. The fourth-order valence-electron chi connectivity index (χ4n) is 2.57. The van der Waals surface area contributed by atoms with Crippen molar-refractivity contribution in [3.05, 3.63) is 64.5 Å². The number of nitrogens with one attached hydrogen (secondary N) is 1. The lowest BCUT2D eigenvalue weighted by Gasteiger charge is -2.13. The number of aryl methyl sites for hydroxylation is 2. The summed E-state index contributed by atoms with van der Waals surface area (Å²) in [5.41, 5.74) is 1.95. The summed E-state index contributed by atoms with van der Waals surface area (Å²) < 4.78 is 16.1. The molecule has 7 heteroatoms. The Balaban J connectivity index is 1.78. The molecule has 0 radical (unpaired) electrons. The van der Waals surface area contributed by atoms with Gasteiger partial charge in [0.05, 0.1) is 24.9 Å². The van der Waals surface area contributed by atoms with Crippen molar-refractivity contribution in [1.29, 1.82) is 0 Å². The van der Waals surface area contributed by atoms with Crippen molar-refractivity contribution in [2.24, 2.45) is 0 Å². The van der Waals surface area contributed by atoms with E-state index in [1.807, 2.05) is 0 Å². The molecular formula is C20H19ClN2O4. The van der Waals surface area contributed by atoms with Gasteiger partial charge in [-0.1, -0.05) is 16.8 Å². The molecule has 0 spiro atoms. The molecule has 0 aliphatic rings. The average molecular weight is 387 g/mol. The molecule has 0 atom stereocenters. The fourth-order valence-corrected chi connectivity index (χ4v) is 2.74. The lowest BCUT2D eigenvalue weighted by atomic mass is 10.1. The van der Waals surface area contributed by atoms with Crippen molar-refractivity contribution in [1.82, 2.24) is 5.16 Å². The first-order valence-electron chi connectivity index (χ1n) is 8.29. The highest BCUT2D eigenvalue weighted by molar-refractivity contribution is 6.31. The molecule has 0 bridgehead atoms. The number of carbonyl (C=O) groups is 1. The second-order valence-corrected chi connectivity index (χ2v) is 6.38. The van der Waals surface area contributed by atoms with Gasteiger partial charge in [0.2, 0.25) is 5.91 Å². The van der Waals surface area contributed by atoms with E-state index in [0.717, 1.165) is 11.3 Å². The minimum atomic E-state index is -0.216. The van der Waals surface area contributed by atoms with E-state index in [9.17, 15) is 4.79 Å². The summed E-state index contributed by atoms with van der Waals surface area (Å²) in [7, 11) is 1.60. The van der Waals surface area contributed by atoms with Crippen LogP contribution >= 0.6 is 11.6 Å². The number of benzene rings is 2. The van der Waals surface area contributed by atoms with Crippen LogP contribution in [-0.2, 0) is 11.2 Å². The van der Waals surface area contributed by atoms with Gasteiger partial charge in [0.15, 0.2) is 5.75 Å². The van der Waals surface area contributed by atoms with Gasteiger partial charge in [-0.05, 0) is 56.3 Å². The van der Waals surface area contributed by atoms with Gasteiger partial charge in [-0.2, -0.15) is 0 Å². The van der Waals surface area contributed by atoms with Crippen LogP contribution in [0.1, 0.15) is 17.0 Å². The number of amides is 1. The zero-order valence-corrected chi connectivity index (χ0v) is 16.0. The van der Waals surface area contributed by atoms with Gasteiger partial charge in [-0.15, -0.1) is 0 Å². The zero-order valence-electron chi connectivity index (χ0n) is 15.2. The third kappa shape index (κ3) is 4.60. The first-order chi connectivity index (χ1) is 13.0. The largest absolute Gasteiger partial charge is 0.497 e. The topological polar surface area (TPSA) is 73.6 Å². The molecule has 6 nitrogen and oxygen atoms in total. The fraction of sp³-hybridized carbons (Fsp3) is 0.200. The number of hydrogen-bond acceptors (Lipinski definition) is 5. The molecule has 1 heterocycles. The summed E-state index contributed by atoms with van der Waals surface area (Å²) >= 11 is 6.09. The molecule has 140 valence electrons. The Morgan fingerprint density at radius 3 is 2.48 bits per heavy atom. The molecule has 0 saturated carbocycles. The van der Waals surface area contributed by atoms with Crippen LogP contribution in [0.15, 0.2) is 47.0 Å². The first kappa shape index (κ1) is 18.8. The lowest BCUT2D eigenvalue weighted by Crippen LogP contribution is -2.15. The molecule has 27 heavy (non-hydrogen) atoms. The van der Waals surface area contributed by atoms with Gasteiger partial charge < -0.3 is 19.3 Å². The number of ether oxygens (including phenoxy) is 2. The second kappa shape index (κ2) is 8.14. The molecule has 3 rings (SSSR count). The highest BCUT2D eigenvalue weighted by Gasteiger charge is 2.15. The summed E-state index contributed by atoms with van der Waals surface area (Å²) in [6, 6.07) is 12.2. The molecule has 3 aromatic rings. The Hall–Kier alpha value is -2.99. The van der Waals surface area contributed by atoms with Crippen LogP contribution in [0.3, 0.4) is 0 Å². The van der Waals surface area contributed by atoms with Gasteiger partial charge in [0, 0.05) is 10.6 Å². The molecule has 1 N–H and O–H groups in total. The molecular weight excluding hydrogens is 368 g/mol. The first-order valence-corrected chi connectivity index (χ1v) is 8.67. The van der Waals surface area contributed by atoms with Crippen LogP contribution in [0, 0.1) is 13.8 Å². The van der Waals surface area contributed by atoms with Crippen molar-refractivity contribution in [2.75, 3.05) is 12.4 Å². The molecule has 2 aromatic carbocycles. The molecule has 0 aliphatic carbocycles. The summed E-state index contributed by atoms with van der Waals surface area (Å²) in [4.78, 5) is 12.5. The summed E-state index contributed by atoms with van der Waals surface area (Å²) in [5, 5.41) is 7.20. The Morgan fingerprint density at radius 1 is 1.15 bits per heavy atom. The minimum absolute atomic E-state index is 0.148. The smallest absolute Gasteiger partial charge is 0.229 e. The third-order valence-corrected chi connectivity index (χ3v) is 4.26. The maximum absolute atomic E-state index is 12.5. The maximum Gasteiger partial charge on any atom is 0.229 e. The number of carbonyl (C=O) groups excluding carboxylic acids is 1. The van der Waals surface area contributed by atoms with Crippen LogP contribution in [-0.4, -0.2) is 18.2 Å². The minimum Gasteiger partial charge on any atom is -0.497 e. The van der Waals surface area contributed by atoms with E-state index in [1.165, 1.54) is 0 Å². The van der Waals surface area contributed by atoms with E-state index in [1.54, 1.807) is 63.4 Å². The molecule has 1 amide bonds. The van der Waals surface area contributed by atoms with E-state index >= 15 is 0 Å². The van der Waals surface area contributed by atoms with E-state index < -0.39 is 0 Å². The van der Waals surface area contributed by atoms with E-state index in [4.69, 9.17) is 25.6 Å². The monoisotopic (exact) mass is 386 g/mol. The van der Waals surface area contributed by atoms with Crippen LogP contribution in [0.2, 0.25) is 5.02 Å². The number of anilines is 1. The molecule has 0 aliphatic heterocycles. The molecule has 0 fully saturated rings. The van der Waals surface area contributed by atoms with Crippen molar-refractivity contribution in [3.8, 4) is 17.2 Å². The van der Waals surface area contributed by atoms with Gasteiger partial charge >= 0.3 is 0 Å². The molecule has 0 saturated heterocycles. The van der Waals surface area contributed by atoms with Crippen LogP contribution in [0.4, 0.5) is 5.69 Å². The number of halogens is 1. The van der Waals surface area contributed by atoms with Gasteiger partial charge in [-0.3, -0.25) is 4.79 Å². The standard InChI is InChI=1S/C20H19ClN2O4/c1-12-17(13(2)27-23-12)11-20(24)22-18-10-14(21)4-9-19(18)26-16-7-5-15(25-3)6-8-16/h4-10H,11H2,1-3H3,(H,22,24). The number of hydrogen-bond donors (Lipinski definition) is 1. The van der Waals surface area contributed by atoms with Crippen LogP contribution in [0.25, 0.3) is 0 Å². The SMILES string of the molecule is COc1ccc(Oc2ccc(Cl)cc2NC(=O)Cc2c(C)noc2C)cc1. The Kier molecular flexibility index (Phi) is 5.66. The maximum atomic E-state index is 12.5.